The fourth-order valence-electron chi connectivity index (χ4n) is 0.958. The Bertz CT molecular complexity index is 353. The highest BCUT2D eigenvalue weighted by molar-refractivity contribution is 5.62. The van der Waals surface area contributed by atoms with E-state index in [1.54, 1.807) is 0 Å². The Balaban J connectivity index is 2.95. The molecule has 3 nitrogen and oxygen atoms in total. The third kappa shape index (κ3) is 0.603. The molecule has 2 rings (SSSR count). The maximum Gasteiger partial charge on any atom is 0.400 e. The Labute approximate surface area is 57.9 Å². The second kappa shape index (κ2) is 1.80. The fourth-order valence-corrected chi connectivity index (χ4v) is 0.958. The van der Waals surface area contributed by atoms with Gasteiger partial charge in [0.1, 0.15) is 7.05 Å². The van der Waals surface area contributed by atoms with Crippen molar-refractivity contribution in [1.29, 1.82) is 0 Å². The second-order valence-corrected chi connectivity index (χ2v) is 2.16. The molecule has 2 aromatic rings. The summed E-state index contributed by atoms with van der Waals surface area (Å²) in [6, 6.07) is 3.85. The Kier molecular flexibility index (Phi) is 0.974. The summed E-state index contributed by atoms with van der Waals surface area (Å²) in [6.45, 7) is 0. The first-order valence-corrected chi connectivity index (χ1v) is 3.06. The zero-order valence-electron chi connectivity index (χ0n) is 5.61. The minimum Gasteiger partial charge on any atom is -0.391 e. The van der Waals surface area contributed by atoms with Gasteiger partial charge in [-0.15, -0.1) is 0 Å². The van der Waals surface area contributed by atoms with E-state index in [9.17, 15) is 0 Å². The molecule has 0 atom stereocenters. The molecule has 0 saturated carbocycles. The first-order valence-electron chi connectivity index (χ1n) is 3.06. The summed E-state index contributed by atoms with van der Waals surface area (Å²) in [4.78, 5) is 3.99. The van der Waals surface area contributed by atoms with E-state index in [4.69, 9.17) is 4.42 Å². The summed E-state index contributed by atoms with van der Waals surface area (Å²) >= 11 is 0. The van der Waals surface area contributed by atoms with Gasteiger partial charge >= 0.3 is 5.71 Å². The Morgan fingerprint density at radius 2 is 2.50 bits per heavy atom. The highest BCUT2D eigenvalue weighted by atomic mass is 16.3. The van der Waals surface area contributed by atoms with Crippen molar-refractivity contribution in [2.75, 3.05) is 0 Å². The van der Waals surface area contributed by atoms with E-state index >= 15 is 0 Å². The van der Waals surface area contributed by atoms with E-state index in [1.807, 2.05) is 29.9 Å². The molecule has 0 spiro atoms. The van der Waals surface area contributed by atoms with Gasteiger partial charge in [-0.3, -0.25) is 0 Å². The number of hydrogen-bond acceptors (Lipinski definition) is 2. The van der Waals surface area contributed by atoms with E-state index in [2.05, 4.69) is 4.98 Å². The summed E-state index contributed by atoms with van der Waals surface area (Å²) in [5.41, 5.74) is 1.70. The lowest BCUT2D eigenvalue weighted by Crippen LogP contribution is -2.27. The van der Waals surface area contributed by atoms with Crippen molar-refractivity contribution >= 4 is 11.2 Å². The lowest BCUT2D eigenvalue weighted by Gasteiger charge is -1.82. The van der Waals surface area contributed by atoms with Gasteiger partial charge in [0.15, 0.2) is 18.1 Å². The van der Waals surface area contributed by atoms with Crippen molar-refractivity contribution in [3.63, 3.8) is 0 Å². The van der Waals surface area contributed by atoms with Crippen LogP contribution in [0.25, 0.3) is 11.2 Å². The van der Waals surface area contributed by atoms with Crippen molar-refractivity contribution in [3.05, 3.63) is 24.7 Å². The van der Waals surface area contributed by atoms with E-state index in [1.165, 1.54) is 6.39 Å². The van der Waals surface area contributed by atoms with Crippen LogP contribution in [0.3, 0.4) is 0 Å². The van der Waals surface area contributed by atoms with Crippen molar-refractivity contribution in [1.82, 2.24) is 4.98 Å². The summed E-state index contributed by atoms with van der Waals surface area (Å²) in [5, 5.41) is 0. The van der Waals surface area contributed by atoms with Gasteiger partial charge in [-0.05, 0) is 6.07 Å². The average molecular weight is 135 g/mol. The van der Waals surface area contributed by atoms with Crippen molar-refractivity contribution in [2.45, 2.75) is 0 Å². The molecule has 0 radical (unpaired) electrons. The van der Waals surface area contributed by atoms with E-state index in [0.717, 1.165) is 11.2 Å². The number of hydrogen-bond donors (Lipinski definition) is 0. The molecule has 50 valence electrons. The summed E-state index contributed by atoms with van der Waals surface area (Å²) in [6.07, 6.45) is 3.37. The van der Waals surface area contributed by atoms with Crippen LogP contribution in [-0.2, 0) is 7.05 Å². The van der Waals surface area contributed by atoms with Crippen LogP contribution in [0.15, 0.2) is 29.1 Å². The van der Waals surface area contributed by atoms with E-state index in [-0.39, 0.29) is 0 Å². The average Bonchev–Trinajstić information content (AvgIpc) is 2.36. The number of fused-ring (bicyclic) bond motifs is 1. The van der Waals surface area contributed by atoms with Gasteiger partial charge in [0.05, 0.1) is 0 Å². The molecule has 10 heavy (non-hydrogen) atoms. The molecule has 0 bridgehead atoms. The standard InChI is InChI=1S/C7H7N2O/c1-9-4-2-3-6-7(9)10-5-8-6/h2-5H,1H3/q+1. The van der Waals surface area contributed by atoms with Crippen molar-refractivity contribution in [3.8, 4) is 0 Å². The maximum atomic E-state index is 5.10. The Morgan fingerprint density at radius 3 is 3.30 bits per heavy atom. The molecule has 0 aliphatic rings. The van der Waals surface area contributed by atoms with Gasteiger partial charge in [0.2, 0.25) is 0 Å². The predicted octanol–water partition coefficient (Wildman–Crippen LogP) is 0.652. The fraction of sp³-hybridized carbons (Fsp3) is 0.143. The van der Waals surface area contributed by atoms with E-state index < -0.39 is 0 Å². The Morgan fingerprint density at radius 1 is 1.60 bits per heavy atom. The SMILES string of the molecule is C[n+]1cccc2ncoc21. The highest BCUT2D eigenvalue weighted by Crippen LogP contribution is 2.03. The largest absolute Gasteiger partial charge is 0.400 e. The van der Waals surface area contributed by atoms with Crippen LogP contribution >= 0.6 is 0 Å². The molecule has 3 heteroatoms. The number of rotatable bonds is 0. The summed E-state index contributed by atoms with van der Waals surface area (Å²) in [5.74, 6) is 0. The van der Waals surface area contributed by atoms with Gasteiger partial charge in [0, 0.05) is 6.07 Å². The zero-order chi connectivity index (χ0) is 6.97. The smallest absolute Gasteiger partial charge is 0.391 e. The molecule has 0 fully saturated rings. The minimum atomic E-state index is 0.808. The molecule has 2 heterocycles. The molecule has 0 aromatic carbocycles. The van der Waals surface area contributed by atoms with Gasteiger partial charge in [-0.2, -0.15) is 4.57 Å². The van der Waals surface area contributed by atoms with Gasteiger partial charge in [-0.25, -0.2) is 4.98 Å². The quantitative estimate of drug-likeness (QED) is 0.496. The molecule has 0 aliphatic carbocycles. The van der Waals surface area contributed by atoms with Crippen LogP contribution < -0.4 is 4.57 Å². The first kappa shape index (κ1) is 5.41. The maximum absolute atomic E-state index is 5.10. The predicted molar refractivity (Wildman–Crippen MR) is 35.2 cm³/mol. The third-order valence-electron chi connectivity index (χ3n) is 1.46. The van der Waals surface area contributed by atoms with Crippen LogP contribution in [-0.4, -0.2) is 4.98 Å². The summed E-state index contributed by atoms with van der Waals surface area (Å²) in [7, 11) is 1.92. The van der Waals surface area contributed by atoms with Crippen LogP contribution in [0.1, 0.15) is 0 Å². The van der Waals surface area contributed by atoms with Crippen molar-refractivity contribution in [2.24, 2.45) is 7.05 Å². The van der Waals surface area contributed by atoms with Gasteiger partial charge in [0.25, 0.3) is 0 Å². The number of nitrogens with zero attached hydrogens (tertiary/aromatic N) is 2. The second-order valence-electron chi connectivity index (χ2n) is 2.16. The van der Waals surface area contributed by atoms with Crippen LogP contribution in [0.5, 0.6) is 0 Å². The monoisotopic (exact) mass is 135 g/mol. The highest BCUT2D eigenvalue weighted by Gasteiger charge is 2.06. The molecule has 0 saturated heterocycles. The van der Waals surface area contributed by atoms with Crippen LogP contribution in [0.2, 0.25) is 0 Å². The molecule has 0 N–H and O–H groups in total. The number of aryl methyl sites for hydroxylation is 1. The van der Waals surface area contributed by atoms with Crippen LogP contribution in [0.4, 0.5) is 0 Å². The van der Waals surface area contributed by atoms with Gasteiger partial charge < -0.3 is 4.42 Å². The molecular weight excluding hydrogens is 128 g/mol. The molecule has 2 aromatic heterocycles. The third-order valence-corrected chi connectivity index (χ3v) is 1.46. The Hall–Kier alpha value is -1.38. The molecule has 0 amide bonds. The number of pyridine rings is 1. The lowest BCUT2D eigenvalue weighted by atomic mass is 10.4. The normalized spacial score (nSPS) is 10.5. The number of aromatic nitrogens is 2. The first-order chi connectivity index (χ1) is 4.88. The number of oxazole rings is 1. The zero-order valence-corrected chi connectivity index (χ0v) is 5.61. The molecular formula is C7H7N2O+. The lowest BCUT2D eigenvalue weighted by molar-refractivity contribution is -0.651. The topological polar surface area (TPSA) is 29.9 Å². The van der Waals surface area contributed by atoms with Crippen molar-refractivity contribution < 1.29 is 8.98 Å². The van der Waals surface area contributed by atoms with Crippen LogP contribution in [0, 0.1) is 0 Å². The van der Waals surface area contributed by atoms with E-state index in [0.29, 0.717) is 0 Å². The molecule has 0 aliphatic heterocycles. The minimum absolute atomic E-state index is 0.808. The molecule has 0 unspecified atom stereocenters. The van der Waals surface area contributed by atoms with Gasteiger partial charge in [-0.1, -0.05) is 0 Å². The summed E-state index contributed by atoms with van der Waals surface area (Å²) < 4.78 is 6.99.